The molecule has 0 aromatic heterocycles. The lowest BCUT2D eigenvalue weighted by atomic mass is 10.2. The molecule has 0 bridgehead atoms. The van der Waals surface area contributed by atoms with Gasteiger partial charge >= 0.3 is 0 Å². The number of ether oxygens (including phenoxy) is 2. The minimum absolute atomic E-state index is 0.715. The van der Waals surface area contributed by atoms with E-state index in [-0.39, 0.29) is 0 Å². The standard InChI is InChI=1S/C17H19NO2S/c1-21-15-6-3-13(4-7-15)12-18-14-5-8-16-17(11-14)20-10-2-9-19-16/h3-8,11,18H,2,9-10,12H2,1H3. The van der Waals surface area contributed by atoms with Crippen molar-refractivity contribution in [1.82, 2.24) is 0 Å². The zero-order valence-electron chi connectivity index (χ0n) is 12.1. The van der Waals surface area contributed by atoms with Gasteiger partial charge in [-0.2, -0.15) is 0 Å². The molecule has 0 saturated heterocycles. The Kier molecular flexibility index (Phi) is 4.55. The highest BCUT2D eigenvalue weighted by Gasteiger charge is 2.10. The Balaban J connectivity index is 1.66. The average Bonchev–Trinajstić information content (AvgIpc) is 2.78. The molecule has 1 aliphatic heterocycles. The molecule has 0 fully saturated rings. The van der Waals surface area contributed by atoms with E-state index in [9.17, 15) is 0 Å². The molecule has 0 radical (unpaired) electrons. The highest BCUT2D eigenvalue weighted by atomic mass is 32.2. The molecule has 2 aromatic carbocycles. The molecule has 2 aromatic rings. The number of anilines is 1. The second-order valence-electron chi connectivity index (χ2n) is 4.91. The molecule has 0 amide bonds. The summed E-state index contributed by atoms with van der Waals surface area (Å²) in [5.74, 6) is 1.66. The summed E-state index contributed by atoms with van der Waals surface area (Å²) >= 11 is 1.76. The summed E-state index contributed by atoms with van der Waals surface area (Å²) in [6, 6.07) is 14.6. The molecule has 0 saturated carbocycles. The molecule has 3 nitrogen and oxygen atoms in total. The fourth-order valence-corrected chi connectivity index (χ4v) is 2.63. The zero-order chi connectivity index (χ0) is 14.5. The third-order valence-electron chi connectivity index (χ3n) is 3.40. The molecular weight excluding hydrogens is 282 g/mol. The van der Waals surface area contributed by atoms with Crippen molar-refractivity contribution in [3.05, 3.63) is 48.0 Å². The first kappa shape index (κ1) is 14.1. The molecule has 1 heterocycles. The van der Waals surface area contributed by atoms with E-state index in [2.05, 4.69) is 35.8 Å². The first-order valence-corrected chi connectivity index (χ1v) is 8.34. The van der Waals surface area contributed by atoms with Crippen molar-refractivity contribution in [3.8, 4) is 11.5 Å². The summed E-state index contributed by atoms with van der Waals surface area (Å²) < 4.78 is 11.3. The van der Waals surface area contributed by atoms with E-state index in [0.717, 1.165) is 36.8 Å². The van der Waals surface area contributed by atoms with Crippen LogP contribution in [-0.4, -0.2) is 19.5 Å². The van der Waals surface area contributed by atoms with E-state index in [0.29, 0.717) is 6.61 Å². The Bertz CT molecular complexity index is 598. The van der Waals surface area contributed by atoms with Crippen LogP contribution in [0, 0.1) is 0 Å². The predicted molar refractivity (Wildman–Crippen MR) is 87.6 cm³/mol. The Morgan fingerprint density at radius 2 is 1.76 bits per heavy atom. The molecule has 110 valence electrons. The van der Waals surface area contributed by atoms with E-state index in [1.807, 2.05) is 18.2 Å². The summed E-state index contributed by atoms with van der Waals surface area (Å²) in [5.41, 5.74) is 2.31. The van der Waals surface area contributed by atoms with Gasteiger partial charge in [-0.3, -0.25) is 0 Å². The van der Waals surface area contributed by atoms with Crippen LogP contribution in [0.3, 0.4) is 0 Å². The van der Waals surface area contributed by atoms with Gasteiger partial charge in [-0.1, -0.05) is 12.1 Å². The van der Waals surface area contributed by atoms with Gasteiger partial charge in [-0.25, -0.2) is 0 Å². The minimum atomic E-state index is 0.715. The normalized spacial score (nSPS) is 13.6. The van der Waals surface area contributed by atoms with Crippen LogP contribution in [-0.2, 0) is 6.54 Å². The van der Waals surface area contributed by atoms with Gasteiger partial charge in [0.1, 0.15) is 0 Å². The van der Waals surface area contributed by atoms with Gasteiger partial charge in [-0.05, 0) is 36.1 Å². The van der Waals surface area contributed by atoms with Crippen molar-refractivity contribution >= 4 is 17.4 Å². The topological polar surface area (TPSA) is 30.5 Å². The van der Waals surface area contributed by atoms with Crippen LogP contribution < -0.4 is 14.8 Å². The monoisotopic (exact) mass is 301 g/mol. The summed E-state index contributed by atoms with van der Waals surface area (Å²) in [5, 5.41) is 3.43. The van der Waals surface area contributed by atoms with Gasteiger partial charge in [-0.15, -0.1) is 11.8 Å². The van der Waals surface area contributed by atoms with E-state index in [4.69, 9.17) is 9.47 Å². The van der Waals surface area contributed by atoms with E-state index >= 15 is 0 Å². The number of rotatable bonds is 4. The molecule has 21 heavy (non-hydrogen) atoms. The largest absolute Gasteiger partial charge is 0.490 e. The van der Waals surface area contributed by atoms with Gasteiger partial charge in [0.25, 0.3) is 0 Å². The molecule has 0 aliphatic carbocycles. The molecule has 1 aliphatic rings. The summed E-state index contributed by atoms with van der Waals surface area (Å²) in [7, 11) is 0. The van der Waals surface area contributed by atoms with Crippen molar-refractivity contribution in [2.75, 3.05) is 24.8 Å². The molecular formula is C17H19NO2S. The van der Waals surface area contributed by atoms with Crippen LogP contribution in [0.15, 0.2) is 47.4 Å². The second-order valence-corrected chi connectivity index (χ2v) is 5.79. The van der Waals surface area contributed by atoms with Gasteiger partial charge in [0, 0.05) is 29.6 Å². The van der Waals surface area contributed by atoms with Crippen LogP contribution in [0.4, 0.5) is 5.69 Å². The smallest absolute Gasteiger partial charge is 0.163 e. The zero-order valence-corrected chi connectivity index (χ0v) is 12.9. The SMILES string of the molecule is CSc1ccc(CNc2ccc3c(c2)OCCCO3)cc1. The number of hydrogen-bond donors (Lipinski definition) is 1. The Hall–Kier alpha value is -1.81. The van der Waals surface area contributed by atoms with E-state index in [1.165, 1.54) is 10.5 Å². The summed E-state index contributed by atoms with van der Waals surface area (Å²) in [6.45, 7) is 2.24. The molecule has 0 unspecified atom stereocenters. The quantitative estimate of drug-likeness (QED) is 0.858. The lowest BCUT2D eigenvalue weighted by molar-refractivity contribution is 0.297. The minimum Gasteiger partial charge on any atom is -0.490 e. The fraction of sp³-hybridized carbons (Fsp3) is 0.294. The third-order valence-corrected chi connectivity index (χ3v) is 4.15. The van der Waals surface area contributed by atoms with Gasteiger partial charge in [0.2, 0.25) is 0 Å². The molecule has 0 spiro atoms. The Labute approximate surface area is 129 Å². The highest BCUT2D eigenvalue weighted by Crippen LogP contribution is 2.32. The van der Waals surface area contributed by atoms with Crippen LogP contribution in [0.5, 0.6) is 11.5 Å². The number of thioether (sulfide) groups is 1. The van der Waals surface area contributed by atoms with Crippen LogP contribution >= 0.6 is 11.8 Å². The predicted octanol–water partition coefficient (Wildman–Crippen LogP) is 4.18. The number of fused-ring (bicyclic) bond motifs is 1. The fourth-order valence-electron chi connectivity index (χ4n) is 2.22. The summed E-state index contributed by atoms with van der Waals surface area (Å²) in [4.78, 5) is 1.29. The van der Waals surface area contributed by atoms with Crippen LogP contribution in [0.2, 0.25) is 0 Å². The Morgan fingerprint density at radius 3 is 2.52 bits per heavy atom. The van der Waals surface area contributed by atoms with Gasteiger partial charge in [0.15, 0.2) is 11.5 Å². The second kappa shape index (κ2) is 6.76. The Morgan fingerprint density at radius 1 is 1.00 bits per heavy atom. The lowest BCUT2D eigenvalue weighted by Crippen LogP contribution is -2.00. The van der Waals surface area contributed by atoms with Crippen molar-refractivity contribution in [2.45, 2.75) is 17.9 Å². The van der Waals surface area contributed by atoms with Crippen LogP contribution in [0.1, 0.15) is 12.0 Å². The molecule has 0 atom stereocenters. The molecule has 1 N–H and O–H groups in total. The van der Waals surface area contributed by atoms with Crippen molar-refractivity contribution in [3.63, 3.8) is 0 Å². The maximum absolute atomic E-state index is 5.70. The lowest BCUT2D eigenvalue weighted by Gasteiger charge is -2.11. The summed E-state index contributed by atoms with van der Waals surface area (Å²) in [6.07, 6.45) is 3.02. The maximum atomic E-state index is 5.70. The van der Waals surface area contributed by atoms with Gasteiger partial charge in [0.05, 0.1) is 13.2 Å². The molecule has 4 heteroatoms. The van der Waals surface area contributed by atoms with E-state index < -0.39 is 0 Å². The van der Waals surface area contributed by atoms with Crippen LogP contribution in [0.25, 0.3) is 0 Å². The number of benzene rings is 2. The average molecular weight is 301 g/mol. The third kappa shape index (κ3) is 3.64. The highest BCUT2D eigenvalue weighted by molar-refractivity contribution is 7.98. The number of nitrogens with one attached hydrogen (secondary N) is 1. The van der Waals surface area contributed by atoms with E-state index in [1.54, 1.807) is 11.8 Å². The van der Waals surface area contributed by atoms with Gasteiger partial charge < -0.3 is 14.8 Å². The first-order chi connectivity index (χ1) is 10.3. The van der Waals surface area contributed by atoms with Crippen molar-refractivity contribution in [1.29, 1.82) is 0 Å². The van der Waals surface area contributed by atoms with Crippen molar-refractivity contribution in [2.24, 2.45) is 0 Å². The van der Waals surface area contributed by atoms with Crippen molar-refractivity contribution < 1.29 is 9.47 Å². The number of hydrogen-bond acceptors (Lipinski definition) is 4. The maximum Gasteiger partial charge on any atom is 0.163 e. The molecule has 3 rings (SSSR count). The first-order valence-electron chi connectivity index (χ1n) is 7.11.